The third kappa shape index (κ3) is 30.3. The van der Waals surface area contributed by atoms with E-state index in [9.17, 15) is 28.8 Å². The van der Waals surface area contributed by atoms with Crippen molar-refractivity contribution in [1.29, 1.82) is 0 Å². The Kier molecular flexibility index (Phi) is 34.8. The van der Waals surface area contributed by atoms with E-state index < -0.39 is 59.6 Å². The first kappa shape index (κ1) is 76.7. The largest absolute Gasteiger partial charge is 0.492 e. The van der Waals surface area contributed by atoms with E-state index in [0.717, 1.165) is 91.1 Å². The van der Waals surface area contributed by atoms with Gasteiger partial charge in [-0.25, -0.2) is 0 Å². The summed E-state index contributed by atoms with van der Waals surface area (Å²) in [7, 11) is 0. The van der Waals surface area contributed by atoms with Gasteiger partial charge in [-0.05, 0) is 173 Å². The summed E-state index contributed by atoms with van der Waals surface area (Å²) in [5, 5.41) is 16.4. The molecule has 6 amide bonds. The van der Waals surface area contributed by atoms with Crippen LogP contribution in [-0.2, 0) is 35.3 Å². The highest BCUT2D eigenvalue weighted by Gasteiger charge is 2.31. The molecular formula is C67H106N20O8. The molecule has 0 aliphatic carbocycles. The number of carbonyl (C=O) groups is 6. The van der Waals surface area contributed by atoms with Gasteiger partial charge in [0.1, 0.15) is 42.8 Å². The molecule has 5 rings (SSSR count). The molecule has 2 fully saturated rings. The van der Waals surface area contributed by atoms with E-state index in [2.05, 4.69) is 105 Å². The molecule has 0 radical (unpaired) electrons. The van der Waals surface area contributed by atoms with Crippen LogP contribution >= 0.6 is 0 Å². The van der Waals surface area contributed by atoms with Gasteiger partial charge < -0.3 is 76.6 Å². The molecular weight excluding hydrogens is 1210 g/mol. The first-order valence-electron chi connectivity index (χ1n) is 33.5. The highest BCUT2D eigenvalue weighted by molar-refractivity contribution is 6.00. The lowest BCUT2D eigenvalue weighted by molar-refractivity contribution is -0.135. The molecule has 2 aliphatic rings. The van der Waals surface area contributed by atoms with Crippen LogP contribution in [0.15, 0.2) is 92.8 Å². The van der Waals surface area contributed by atoms with Crippen LogP contribution in [0.25, 0.3) is 11.1 Å². The standard InChI is InChI=1S/C67H106N20O8/c1-3-53(59(48-23-27-51(28-24-48)94-41-39-86-35-8-4-5-9-36-86)49-25-29-52(30-26-49)95-42-40-87-37-10-6-7-11-38-87)50-18-12-17-47(43-50)44-81-58(89)45-80-54(19-13-31-76-64(68)69)60(90)83-56(21-15-33-78-66(72)73)62(92)85-57(22-16-34-79-67(74)75)63(93)84-55(61(91)82-46(2)88)20-14-32-77-65(70)71/h12,17-18,23-30,43,54-57,80H,3-11,13-16,19-22,31-42,44-45H2,1-2H3,(H,81,89)(H,83,90)(H,84,93)(H,85,92)(H4,68,69,76)(H4,70,71,77)(H4,72,73,78)(H4,74,75,79)(H,82,88,91)/t54-,55-,56-,57-/m0/s1. The molecule has 0 aromatic heterocycles. The normalized spacial score (nSPS) is 14.7. The van der Waals surface area contributed by atoms with Crippen LogP contribution in [0.5, 0.6) is 11.5 Å². The summed E-state index contributed by atoms with van der Waals surface area (Å²) in [6.45, 7) is 11.0. The lowest BCUT2D eigenvalue weighted by Crippen LogP contribution is -2.58. The number of rotatable bonds is 40. The molecule has 22 N–H and O–H groups in total. The lowest BCUT2D eigenvalue weighted by Gasteiger charge is -2.26. The molecule has 3 aromatic rings. The fourth-order valence-corrected chi connectivity index (χ4v) is 11.4. The summed E-state index contributed by atoms with van der Waals surface area (Å²) in [5.41, 5.74) is 50.5. The summed E-state index contributed by atoms with van der Waals surface area (Å²) >= 11 is 0. The maximum atomic E-state index is 14.5. The molecule has 2 heterocycles. The number of likely N-dealkylation sites (tertiary alicyclic amines) is 2. The maximum absolute atomic E-state index is 14.5. The van der Waals surface area contributed by atoms with Crippen molar-refractivity contribution in [2.75, 3.05) is 85.2 Å². The number of aliphatic imine (C=N–C) groups is 4. The molecule has 0 spiro atoms. The van der Waals surface area contributed by atoms with E-state index in [1.165, 1.54) is 51.4 Å². The number of allylic oxidation sites excluding steroid dienone is 1. The summed E-state index contributed by atoms with van der Waals surface area (Å²) in [6.07, 6.45) is 11.7. The summed E-state index contributed by atoms with van der Waals surface area (Å²) in [5.74, 6) is -3.17. The van der Waals surface area contributed by atoms with E-state index in [-0.39, 0.29) is 108 Å². The van der Waals surface area contributed by atoms with Crippen molar-refractivity contribution in [2.45, 2.75) is 154 Å². The molecule has 522 valence electrons. The predicted octanol–water partition coefficient (Wildman–Crippen LogP) is 1.47. The summed E-state index contributed by atoms with van der Waals surface area (Å²) < 4.78 is 12.6. The number of nitrogens with two attached hydrogens (primary N) is 8. The number of nitrogens with one attached hydrogen (secondary N) is 6. The summed E-state index contributed by atoms with van der Waals surface area (Å²) in [6, 6.07) is 19.8. The third-order valence-corrected chi connectivity index (χ3v) is 16.3. The Morgan fingerprint density at radius 1 is 0.495 bits per heavy atom. The zero-order chi connectivity index (χ0) is 68.7. The fraction of sp³-hybridized carbons (Fsp3) is 0.552. The SMILES string of the molecule is CCC(=C(c1ccc(OCCN2CCCCCC2)cc1)c1ccc(OCCN2CCCCCC2)cc1)c1cccc(CNC(=O)CN[C@@H](CCCN=C(N)N)C(=O)N[C@@H](CCCN=C(N)N)C(=O)N[C@@H](CCCN=C(N)N)C(=O)N[C@@H](CCCN=C(N)N)C(=O)NC(C)=O)c1. The molecule has 0 unspecified atom stereocenters. The van der Waals surface area contributed by atoms with E-state index in [1.54, 1.807) is 0 Å². The zero-order valence-corrected chi connectivity index (χ0v) is 55.7. The molecule has 0 bridgehead atoms. The Morgan fingerprint density at radius 3 is 1.27 bits per heavy atom. The molecule has 28 heteroatoms. The van der Waals surface area contributed by atoms with Crippen molar-refractivity contribution < 1.29 is 38.2 Å². The van der Waals surface area contributed by atoms with Gasteiger partial charge in [0.15, 0.2) is 23.8 Å². The van der Waals surface area contributed by atoms with Crippen LogP contribution in [0.3, 0.4) is 0 Å². The Hall–Kier alpha value is -9.02. The van der Waals surface area contributed by atoms with Gasteiger partial charge in [-0.2, -0.15) is 0 Å². The van der Waals surface area contributed by atoms with Gasteiger partial charge in [0.2, 0.25) is 35.4 Å². The van der Waals surface area contributed by atoms with Gasteiger partial charge in [-0.3, -0.25) is 69.2 Å². The van der Waals surface area contributed by atoms with Crippen LogP contribution in [0, 0.1) is 0 Å². The molecule has 0 saturated carbocycles. The highest BCUT2D eigenvalue weighted by Crippen LogP contribution is 2.36. The van der Waals surface area contributed by atoms with Gasteiger partial charge in [0.25, 0.3) is 0 Å². The first-order valence-corrected chi connectivity index (χ1v) is 33.5. The number of ether oxygens (including phenoxy) is 2. The Balaban J connectivity index is 1.35. The van der Waals surface area contributed by atoms with Crippen molar-refractivity contribution in [2.24, 2.45) is 65.8 Å². The number of hydrogen-bond donors (Lipinski definition) is 14. The quantitative estimate of drug-likeness (QED) is 0.0166. The van der Waals surface area contributed by atoms with Crippen molar-refractivity contribution in [3.05, 3.63) is 95.1 Å². The average molecular weight is 1320 g/mol. The monoisotopic (exact) mass is 1320 g/mol. The van der Waals surface area contributed by atoms with Gasteiger partial charge >= 0.3 is 0 Å². The second-order valence-corrected chi connectivity index (χ2v) is 23.9. The van der Waals surface area contributed by atoms with E-state index in [1.807, 2.05) is 36.4 Å². The molecule has 28 nitrogen and oxygen atoms in total. The Bertz CT molecular complexity index is 2950. The van der Waals surface area contributed by atoms with Crippen LogP contribution in [-0.4, -0.2) is 178 Å². The molecule has 2 aliphatic heterocycles. The van der Waals surface area contributed by atoms with Gasteiger partial charge in [0.05, 0.1) is 12.6 Å². The smallest absolute Gasteiger partial charge is 0.249 e. The lowest BCUT2D eigenvalue weighted by atomic mass is 9.87. The van der Waals surface area contributed by atoms with Crippen molar-refractivity contribution >= 4 is 70.4 Å². The van der Waals surface area contributed by atoms with Gasteiger partial charge in [0, 0.05) is 52.7 Å². The van der Waals surface area contributed by atoms with E-state index in [0.29, 0.717) is 26.1 Å². The number of benzene rings is 3. The second-order valence-electron chi connectivity index (χ2n) is 23.9. The fourth-order valence-electron chi connectivity index (χ4n) is 11.4. The Morgan fingerprint density at radius 2 is 0.884 bits per heavy atom. The van der Waals surface area contributed by atoms with Crippen molar-refractivity contribution in [3.8, 4) is 11.5 Å². The number of carbonyl (C=O) groups excluding carboxylic acids is 6. The van der Waals surface area contributed by atoms with E-state index >= 15 is 0 Å². The third-order valence-electron chi connectivity index (χ3n) is 16.3. The Labute approximate surface area is 559 Å². The number of imide groups is 1. The van der Waals surface area contributed by atoms with Gasteiger partial charge in [-0.15, -0.1) is 0 Å². The number of guanidine groups is 4. The predicted molar refractivity (Wildman–Crippen MR) is 374 cm³/mol. The average Bonchev–Trinajstić information content (AvgIpc) is 0.944. The van der Waals surface area contributed by atoms with Crippen LogP contribution in [0.2, 0.25) is 0 Å². The topological polar surface area (TPSA) is 457 Å². The van der Waals surface area contributed by atoms with Crippen molar-refractivity contribution in [3.63, 3.8) is 0 Å². The second kappa shape index (κ2) is 43.1. The van der Waals surface area contributed by atoms with Crippen LogP contribution in [0.4, 0.5) is 0 Å². The van der Waals surface area contributed by atoms with Gasteiger partial charge in [-0.1, -0.05) is 75.1 Å². The zero-order valence-electron chi connectivity index (χ0n) is 55.7. The van der Waals surface area contributed by atoms with Crippen LogP contribution < -0.4 is 87.2 Å². The molecule has 95 heavy (non-hydrogen) atoms. The highest BCUT2D eigenvalue weighted by atomic mass is 16.5. The molecule has 3 aromatic carbocycles. The van der Waals surface area contributed by atoms with Crippen molar-refractivity contribution in [1.82, 2.24) is 41.7 Å². The number of amides is 6. The molecule has 4 atom stereocenters. The maximum Gasteiger partial charge on any atom is 0.249 e. The minimum Gasteiger partial charge on any atom is -0.492 e. The van der Waals surface area contributed by atoms with Crippen LogP contribution in [0.1, 0.15) is 145 Å². The minimum absolute atomic E-state index is 0.0115. The number of hydrogen-bond acceptors (Lipinski definition) is 15. The number of nitrogens with zero attached hydrogens (tertiary/aromatic N) is 6. The minimum atomic E-state index is -1.31. The first-order chi connectivity index (χ1) is 45.8. The van der Waals surface area contributed by atoms with E-state index in [4.69, 9.17) is 55.3 Å². The molecule has 2 saturated heterocycles. The summed E-state index contributed by atoms with van der Waals surface area (Å²) in [4.78, 5) is 103.